The topological polar surface area (TPSA) is 57.0 Å². The summed E-state index contributed by atoms with van der Waals surface area (Å²) in [4.78, 5) is 33.0. The van der Waals surface area contributed by atoms with Gasteiger partial charge >= 0.3 is 0 Å². The van der Waals surface area contributed by atoms with E-state index in [0.29, 0.717) is 31.3 Å². The molecule has 0 unspecified atom stereocenters. The molecule has 1 aromatic heterocycles. The Morgan fingerprint density at radius 1 is 1.16 bits per heavy atom. The molecule has 6 nitrogen and oxygen atoms in total. The van der Waals surface area contributed by atoms with E-state index in [1.165, 1.54) is 37.8 Å². The highest BCUT2D eigenvalue weighted by molar-refractivity contribution is 5.89. The zero-order valence-electron chi connectivity index (χ0n) is 18.2. The van der Waals surface area contributed by atoms with Crippen LogP contribution < -0.4 is 0 Å². The lowest BCUT2D eigenvalue weighted by atomic mass is 9.68. The molecule has 6 heteroatoms. The highest BCUT2D eigenvalue weighted by Crippen LogP contribution is 2.45. The normalized spacial score (nSPS) is 35.5. The van der Waals surface area contributed by atoms with Gasteiger partial charge in [-0.25, -0.2) is 0 Å². The number of carbonyl (C=O) groups excluding carboxylic acids is 2. The molecule has 5 atom stereocenters. The molecule has 0 N–H and O–H groups in total. The van der Waals surface area contributed by atoms with Crippen LogP contribution in [0.4, 0.5) is 0 Å². The lowest BCUT2D eigenvalue weighted by Gasteiger charge is -2.55. The van der Waals surface area contributed by atoms with E-state index in [1.54, 1.807) is 11.2 Å². The molecule has 2 amide bonds. The van der Waals surface area contributed by atoms with Crippen molar-refractivity contribution in [2.75, 3.05) is 26.2 Å². The molecule has 4 fully saturated rings. The maximum Gasteiger partial charge on any atom is 0.228 e. The summed E-state index contributed by atoms with van der Waals surface area (Å²) in [7, 11) is 0. The monoisotopic (exact) mass is 423 g/mol. The first kappa shape index (κ1) is 19.6. The molecule has 2 bridgehead atoms. The van der Waals surface area contributed by atoms with Gasteiger partial charge in [-0.15, -0.1) is 0 Å². The van der Waals surface area contributed by atoms with Gasteiger partial charge in [0, 0.05) is 32.1 Å². The van der Waals surface area contributed by atoms with Crippen molar-refractivity contribution >= 4 is 11.8 Å². The van der Waals surface area contributed by atoms with Crippen molar-refractivity contribution in [1.29, 1.82) is 0 Å². The Kier molecular flexibility index (Phi) is 4.93. The minimum Gasteiger partial charge on any atom is -0.467 e. The summed E-state index contributed by atoms with van der Waals surface area (Å²) in [6.07, 6.45) is 12.0. The number of amides is 2. The smallest absolute Gasteiger partial charge is 0.228 e. The average Bonchev–Trinajstić information content (AvgIpc) is 3.43. The zero-order valence-corrected chi connectivity index (χ0v) is 18.2. The van der Waals surface area contributed by atoms with Crippen LogP contribution in [0.3, 0.4) is 0 Å². The fourth-order valence-electron chi connectivity index (χ4n) is 7.14. The maximum atomic E-state index is 13.7. The van der Waals surface area contributed by atoms with Crippen LogP contribution in [0.1, 0.15) is 50.7 Å². The van der Waals surface area contributed by atoms with Crippen LogP contribution in [0.15, 0.2) is 34.5 Å². The second kappa shape index (κ2) is 7.80. The zero-order chi connectivity index (χ0) is 20.9. The molecule has 0 saturated carbocycles. The molecule has 1 aromatic rings. The number of rotatable bonds is 3. The van der Waals surface area contributed by atoms with Gasteiger partial charge in [-0.3, -0.25) is 14.5 Å². The van der Waals surface area contributed by atoms with Crippen molar-refractivity contribution in [3.63, 3.8) is 0 Å². The standard InChI is InChI=1S/C25H33N3O3/c29-23-13-20(15-27(23)16-21-6-4-10-31-21)25(30)28-9-3-5-17-11-18-12-19(24(17)28)14-26-8-2-1-7-22(18)26/h4,6,10-11,18-20,22,24H,1-3,5,7-9,12-16H2/t18-,19-,20-,22+,24+/m0/s1. The molecule has 5 aliphatic rings. The van der Waals surface area contributed by atoms with Crippen molar-refractivity contribution < 1.29 is 14.0 Å². The molecule has 0 spiro atoms. The van der Waals surface area contributed by atoms with Crippen LogP contribution in [-0.4, -0.2) is 64.8 Å². The molecule has 6 rings (SSSR count). The van der Waals surface area contributed by atoms with Crippen molar-refractivity contribution in [2.45, 2.75) is 63.6 Å². The van der Waals surface area contributed by atoms with Gasteiger partial charge in [0.1, 0.15) is 5.76 Å². The van der Waals surface area contributed by atoms with E-state index in [9.17, 15) is 9.59 Å². The van der Waals surface area contributed by atoms with E-state index < -0.39 is 0 Å². The van der Waals surface area contributed by atoms with Crippen LogP contribution in [0.2, 0.25) is 0 Å². The van der Waals surface area contributed by atoms with Crippen LogP contribution in [0.25, 0.3) is 0 Å². The van der Waals surface area contributed by atoms with Crippen molar-refractivity contribution in [3.8, 4) is 0 Å². The molecular formula is C25H33N3O3. The highest BCUT2D eigenvalue weighted by atomic mass is 16.3. The van der Waals surface area contributed by atoms with Gasteiger partial charge in [0.15, 0.2) is 0 Å². The van der Waals surface area contributed by atoms with Gasteiger partial charge < -0.3 is 14.2 Å². The SMILES string of the molecule is O=C1C[C@H](C(=O)N2CCCC3=C[C@H]4C[C@@H](CN5CCCC[C@H]45)[C@@H]32)CN1Cc1ccco1. The number of likely N-dealkylation sites (tertiary alicyclic amines) is 2. The number of hydrogen-bond donors (Lipinski definition) is 0. The Morgan fingerprint density at radius 2 is 2.10 bits per heavy atom. The Labute approximate surface area is 184 Å². The number of hydrogen-bond acceptors (Lipinski definition) is 4. The second-order valence-electron chi connectivity index (χ2n) is 10.3. The summed E-state index contributed by atoms with van der Waals surface area (Å²) in [6, 6.07) is 4.72. The van der Waals surface area contributed by atoms with E-state index in [0.717, 1.165) is 37.7 Å². The molecule has 31 heavy (non-hydrogen) atoms. The van der Waals surface area contributed by atoms with Gasteiger partial charge in [-0.05, 0) is 62.6 Å². The van der Waals surface area contributed by atoms with E-state index in [2.05, 4.69) is 15.9 Å². The number of carbonyl (C=O) groups is 2. The summed E-state index contributed by atoms with van der Waals surface area (Å²) in [5.74, 6) is 2.06. The van der Waals surface area contributed by atoms with Gasteiger partial charge in [-0.2, -0.15) is 0 Å². The lowest BCUT2D eigenvalue weighted by molar-refractivity contribution is -0.140. The van der Waals surface area contributed by atoms with Gasteiger partial charge in [0.2, 0.25) is 11.8 Å². The Hall–Kier alpha value is -2.08. The first-order valence-corrected chi connectivity index (χ1v) is 12.2. The number of piperidine rings is 3. The lowest BCUT2D eigenvalue weighted by Crippen LogP contribution is -2.60. The van der Waals surface area contributed by atoms with Crippen LogP contribution >= 0.6 is 0 Å². The average molecular weight is 424 g/mol. The first-order valence-electron chi connectivity index (χ1n) is 12.2. The van der Waals surface area contributed by atoms with Gasteiger partial charge in [0.05, 0.1) is 24.8 Å². The minimum absolute atomic E-state index is 0.0695. The Morgan fingerprint density at radius 3 is 2.97 bits per heavy atom. The van der Waals surface area contributed by atoms with E-state index in [1.807, 2.05) is 12.1 Å². The minimum atomic E-state index is -0.217. The molecule has 0 aromatic carbocycles. The molecule has 5 heterocycles. The molecule has 4 aliphatic heterocycles. The molecular weight excluding hydrogens is 390 g/mol. The summed E-state index contributed by atoms with van der Waals surface area (Å²) in [5.41, 5.74) is 1.52. The van der Waals surface area contributed by atoms with Gasteiger partial charge in [0.25, 0.3) is 0 Å². The molecule has 1 aliphatic carbocycles. The Bertz CT molecular complexity index is 879. The van der Waals surface area contributed by atoms with E-state index in [-0.39, 0.29) is 23.8 Å². The van der Waals surface area contributed by atoms with Crippen LogP contribution in [-0.2, 0) is 16.1 Å². The predicted octanol–water partition coefficient (Wildman–Crippen LogP) is 3.05. The van der Waals surface area contributed by atoms with Crippen molar-refractivity contribution in [3.05, 3.63) is 35.8 Å². The first-order chi connectivity index (χ1) is 15.2. The number of fused-ring (bicyclic) bond motifs is 6. The van der Waals surface area contributed by atoms with Crippen molar-refractivity contribution in [2.24, 2.45) is 17.8 Å². The fraction of sp³-hybridized carbons (Fsp3) is 0.680. The summed E-state index contributed by atoms with van der Waals surface area (Å²) >= 11 is 0. The van der Waals surface area contributed by atoms with E-state index in [4.69, 9.17) is 4.42 Å². The van der Waals surface area contributed by atoms with Crippen LogP contribution in [0.5, 0.6) is 0 Å². The van der Waals surface area contributed by atoms with E-state index >= 15 is 0 Å². The second-order valence-corrected chi connectivity index (χ2v) is 10.3. The largest absolute Gasteiger partial charge is 0.467 e. The summed E-state index contributed by atoms with van der Waals surface area (Å²) < 4.78 is 5.41. The summed E-state index contributed by atoms with van der Waals surface area (Å²) in [6.45, 7) is 4.18. The number of furan rings is 1. The van der Waals surface area contributed by atoms with Crippen molar-refractivity contribution in [1.82, 2.24) is 14.7 Å². The van der Waals surface area contributed by atoms with Gasteiger partial charge in [-0.1, -0.05) is 18.1 Å². The summed E-state index contributed by atoms with van der Waals surface area (Å²) in [5, 5.41) is 0. The highest BCUT2D eigenvalue weighted by Gasteiger charge is 2.48. The molecule has 166 valence electrons. The predicted molar refractivity (Wildman–Crippen MR) is 116 cm³/mol. The fourth-order valence-corrected chi connectivity index (χ4v) is 7.14. The quantitative estimate of drug-likeness (QED) is 0.702. The maximum absolute atomic E-state index is 13.7. The Balaban J connectivity index is 1.20. The third-order valence-corrected chi connectivity index (χ3v) is 8.43. The third-order valence-electron chi connectivity index (χ3n) is 8.43. The molecule has 4 saturated heterocycles. The van der Waals surface area contributed by atoms with Crippen LogP contribution in [0, 0.1) is 17.8 Å². The third kappa shape index (κ3) is 3.43. The number of nitrogens with zero attached hydrogens (tertiary/aromatic N) is 3. The molecule has 0 radical (unpaired) electrons.